The van der Waals surface area contributed by atoms with Crippen LogP contribution < -0.4 is 5.32 Å². The zero-order valence-corrected chi connectivity index (χ0v) is 15.6. The number of thiophene rings is 1. The van der Waals surface area contributed by atoms with Crippen LogP contribution in [-0.4, -0.2) is 27.2 Å². The fourth-order valence-electron chi connectivity index (χ4n) is 3.59. The molecule has 0 aliphatic heterocycles. The van der Waals surface area contributed by atoms with Crippen molar-refractivity contribution in [3.63, 3.8) is 0 Å². The van der Waals surface area contributed by atoms with Crippen LogP contribution in [0.1, 0.15) is 49.7 Å². The maximum atomic E-state index is 13.0. The highest BCUT2D eigenvalue weighted by molar-refractivity contribution is 7.71. The van der Waals surface area contributed by atoms with Gasteiger partial charge in [0.1, 0.15) is 5.82 Å². The molecular weight excluding hydrogens is 340 g/mol. The Morgan fingerprint density at radius 3 is 2.92 bits per heavy atom. The molecule has 1 fully saturated rings. The van der Waals surface area contributed by atoms with Gasteiger partial charge in [-0.1, -0.05) is 32.3 Å². The van der Waals surface area contributed by atoms with E-state index in [0.29, 0.717) is 17.9 Å². The van der Waals surface area contributed by atoms with Gasteiger partial charge in [0.15, 0.2) is 4.77 Å². The van der Waals surface area contributed by atoms with E-state index in [1.165, 1.54) is 11.3 Å². The summed E-state index contributed by atoms with van der Waals surface area (Å²) in [7, 11) is 0. The molecule has 2 aromatic rings. The zero-order valence-electron chi connectivity index (χ0n) is 14.0. The number of H-pyrrole nitrogens is 1. The Balaban J connectivity index is 1.68. The Morgan fingerprint density at radius 1 is 1.46 bits per heavy atom. The van der Waals surface area contributed by atoms with Crippen LogP contribution in [0.25, 0.3) is 0 Å². The Morgan fingerprint density at radius 2 is 2.25 bits per heavy atom. The fraction of sp³-hybridized carbons (Fsp3) is 0.588. The molecule has 0 spiro atoms. The lowest BCUT2D eigenvalue weighted by molar-refractivity contribution is -0.128. The molecule has 1 amide bonds. The summed E-state index contributed by atoms with van der Waals surface area (Å²) in [5, 5.41) is 12.3. The van der Waals surface area contributed by atoms with Gasteiger partial charge in [0.25, 0.3) is 0 Å². The number of nitrogens with one attached hydrogen (secondary N) is 2. The average Bonchev–Trinajstić information content (AvgIpc) is 3.26. The second-order valence-electron chi connectivity index (χ2n) is 6.33. The van der Waals surface area contributed by atoms with E-state index in [4.69, 9.17) is 12.2 Å². The molecule has 7 heteroatoms. The predicted molar refractivity (Wildman–Crippen MR) is 98.9 cm³/mol. The first kappa shape index (κ1) is 17.4. The number of nitrogens with zero attached hydrogens (tertiary/aromatic N) is 2. The lowest BCUT2D eigenvalue weighted by Crippen LogP contribution is -2.46. The molecular formula is C17H24N4OS2. The van der Waals surface area contributed by atoms with Gasteiger partial charge in [0, 0.05) is 24.4 Å². The van der Waals surface area contributed by atoms with E-state index in [9.17, 15) is 4.79 Å². The second-order valence-corrected chi connectivity index (χ2v) is 7.66. The molecule has 0 saturated heterocycles. The van der Waals surface area contributed by atoms with E-state index in [1.54, 1.807) is 11.3 Å². The minimum absolute atomic E-state index is 0.165. The van der Waals surface area contributed by atoms with Crippen LogP contribution in [0.3, 0.4) is 0 Å². The van der Waals surface area contributed by atoms with Gasteiger partial charge in [-0.05, 0) is 36.5 Å². The Hall–Kier alpha value is -1.47. The summed E-state index contributed by atoms with van der Waals surface area (Å²) in [6, 6.07) is 4.15. The maximum absolute atomic E-state index is 13.0. The van der Waals surface area contributed by atoms with Gasteiger partial charge >= 0.3 is 0 Å². The topological polar surface area (TPSA) is 62.7 Å². The summed E-state index contributed by atoms with van der Waals surface area (Å²) < 4.78 is 2.58. The minimum atomic E-state index is -0.335. The highest BCUT2D eigenvalue weighted by Crippen LogP contribution is 2.41. The number of amides is 1. The first-order valence-electron chi connectivity index (χ1n) is 8.64. The number of carbonyl (C=O) groups excluding carboxylic acids is 1. The fourth-order valence-corrected chi connectivity index (χ4v) is 4.82. The second kappa shape index (κ2) is 7.61. The Bertz CT molecular complexity index is 726. The summed E-state index contributed by atoms with van der Waals surface area (Å²) in [5.74, 6) is 1.09. The molecule has 0 bridgehead atoms. The molecule has 1 aliphatic carbocycles. The quantitative estimate of drug-likeness (QED) is 0.770. The molecule has 0 radical (unpaired) electrons. The lowest BCUT2D eigenvalue weighted by atomic mass is 9.72. The number of carbonyl (C=O) groups is 1. The van der Waals surface area contributed by atoms with Crippen LogP contribution in [0.15, 0.2) is 17.5 Å². The number of hydrogen-bond acceptors (Lipinski definition) is 4. The number of rotatable bonds is 6. The first-order valence-corrected chi connectivity index (χ1v) is 9.92. The predicted octanol–water partition coefficient (Wildman–Crippen LogP) is 3.58. The smallest absolute Gasteiger partial charge is 0.231 e. The molecule has 3 rings (SSSR count). The van der Waals surface area contributed by atoms with E-state index in [2.05, 4.69) is 27.0 Å². The van der Waals surface area contributed by atoms with Gasteiger partial charge in [0.05, 0.1) is 5.41 Å². The summed E-state index contributed by atoms with van der Waals surface area (Å²) in [6.45, 7) is 3.28. The van der Waals surface area contributed by atoms with Crippen LogP contribution in [-0.2, 0) is 23.2 Å². The number of aromatic nitrogens is 3. The van der Waals surface area contributed by atoms with Crippen molar-refractivity contribution in [3.05, 3.63) is 33.0 Å². The number of aryl methyl sites for hydroxylation is 1. The third-order valence-corrected chi connectivity index (χ3v) is 6.29. The van der Waals surface area contributed by atoms with E-state index in [1.807, 2.05) is 17.6 Å². The van der Waals surface area contributed by atoms with E-state index < -0.39 is 0 Å². The van der Waals surface area contributed by atoms with Crippen LogP contribution in [0, 0.1) is 4.77 Å². The van der Waals surface area contributed by atoms with Crippen molar-refractivity contribution in [2.45, 2.75) is 57.4 Å². The number of hydrogen-bond donors (Lipinski definition) is 2. The zero-order chi connectivity index (χ0) is 17.0. The summed E-state index contributed by atoms with van der Waals surface area (Å²) in [4.78, 5) is 14.2. The molecule has 0 aromatic carbocycles. The molecule has 2 N–H and O–H groups in total. The summed E-state index contributed by atoms with van der Waals surface area (Å²) >= 11 is 6.96. The van der Waals surface area contributed by atoms with Crippen molar-refractivity contribution in [1.29, 1.82) is 0 Å². The third kappa shape index (κ3) is 3.32. The van der Waals surface area contributed by atoms with E-state index in [0.717, 1.165) is 37.9 Å². The van der Waals surface area contributed by atoms with Crippen molar-refractivity contribution in [3.8, 4) is 0 Å². The monoisotopic (exact) mass is 364 g/mol. The number of aromatic amines is 1. The van der Waals surface area contributed by atoms with Crippen molar-refractivity contribution in [1.82, 2.24) is 20.1 Å². The first-order chi connectivity index (χ1) is 11.7. The normalized spacial score (nSPS) is 16.9. The Kier molecular flexibility index (Phi) is 5.50. The van der Waals surface area contributed by atoms with Crippen LogP contribution in [0.2, 0.25) is 0 Å². The Labute approximate surface area is 151 Å². The van der Waals surface area contributed by atoms with Gasteiger partial charge in [-0.25, -0.2) is 0 Å². The van der Waals surface area contributed by atoms with Crippen molar-refractivity contribution < 1.29 is 4.79 Å². The van der Waals surface area contributed by atoms with Crippen LogP contribution in [0.5, 0.6) is 0 Å². The molecule has 130 valence electrons. The molecule has 0 unspecified atom stereocenters. The SMILES string of the molecule is CCc1n[nH]c(=S)n1CCNC(=O)C1(c2cccs2)CCCCC1. The lowest BCUT2D eigenvalue weighted by Gasteiger charge is -2.35. The molecule has 24 heavy (non-hydrogen) atoms. The van der Waals surface area contributed by atoms with Crippen molar-refractivity contribution in [2.75, 3.05) is 6.54 Å². The van der Waals surface area contributed by atoms with Crippen LogP contribution in [0.4, 0.5) is 0 Å². The molecule has 0 atom stereocenters. The van der Waals surface area contributed by atoms with E-state index >= 15 is 0 Å². The molecule has 1 aliphatic rings. The molecule has 5 nitrogen and oxygen atoms in total. The van der Waals surface area contributed by atoms with Gasteiger partial charge in [-0.3, -0.25) is 9.89 Å². The third-order valence-electron chi connectivity index (χ3n) is 4.91. The minimum Gasteiger partial charge on any atom is -0.354 e. The maximum Gasteiger partial charge on any atom is 0.231 e. The van der Waals surface area contributed by atoms with Crippen molar-refractivity contribution >= 4 is 29.5 Å². The molecule has 2 heterocycles. The summed E-state index contributed by atoms with van der Waals surface area (Å²) in [5.41, 5.74) is -0.335. The van der Waals surface area contributed by atoms with Gasteiger partial charge in [0.2, 0.25) is 5.91 Å². The largest absolute Gasteiger partial charge is 0.354 e. The molecule has 1 saturated carbocycles. The van der Waals surface area contributed by atoms with Gasteiger partial charge < -0.3 is 9.88 Å². The highest BCUT2D eigenvalue weighted by Gasteiger charge is 2.41. The van der Waals surface area contributed by atoms with E-state index in [-0.39, 0.29) is 11.3 Å². The summed E-state index contributed by atoms with van der Waals surface area (Å²) in [6.07, 6.45) is 6.19. The van der Waals surface area contributed by atoms with Crippen LogP contribution >= 0.6 is 23.6 Å². The van der Waals surface area contributed by atoms with Crippen molar-refractivity contribution in [2.24, 2.45) is 0 Å². The average molecular weight is 365 g/mol. The van der Waals surface area contributed by atoms with Gasteiger partial charge in [-0.2, -0.15) is 5.10 Å². The standard InChI is InChI=1S/C17H24N4OS2/c1-2-14-19-20-16(23)21(14)11-10-18-15(22)17(8-4-3-5-9-17)13-7-6-12-24-13/h6-7,12H,2-5,8-11H2,1H3,(H,18,22)(H,20,23). The van der Waals surface area contributed by atoms with Gasteiger partial charge in [-0.15, -0.1) is 11.3 Å². The highest BCUT2D eigenvalue weighted by atomic mass is 32.1. The molecule has 2 aromatic heterocycles.